The molecule has 1 aliphatic rings. The summed E-state index contributed by atoms with van der Waals surface area (Å²) in [7, 11) is 0. The van der Waals surface area contributed by atoms with Gasteiger partial charge in [0.2, 0.25) is 0 Å². The van der Waals surface area contributed by atoms with E-state index in [9.17, 15) is 9.90 Å². The first-order valence-corrected chi connectivity index (χ1v) is 7.44. The lowest BCUT2D eigenvalue weighted by molar-refractivity contribution is 0.0872. The van der Waals surface area contributed by atoms with Crippen molar-refractivity contribution in [1.82, 2.24) is 5.32 Å². The lowest BCUT2D eigenvalue weighted by Crippen LogP contribution is -2.43. The first-order chi connectivity index (χ1) is 9.52. The van der Waals surface area contributed by atoms with E-state index in [1.807, 2.05) is 0 Å². The maximum atomic E-state index is 12.2. The molecule has 0 radical (unpaired) electrons. The molecule has 4 nitrogen and oxygen atoms in total. The van der Waals surface area contributed by atoms with Crippen molar-refractivity contribution >= 4 is 34.8 Å². The molecule has 1 aromatic carbocycles. The SMILES string of the molecule is Nc1cc(C(=O)NC2CCCCC2CO)cc(Cl)c1Cl. The fourth-order valence-electron chi connectivity index (χ4n) is 2.61. The maximum absolute atomic E-state index is 12.2. The second kappa shape index (κ2) is 6.66. The number of aliphatic hydroxyl groups excluding tert-OH is 1. The molecule has 110 valence electrons. The second-order valence-corrected chi connectivity index (χ2v) is 5.95. The summed E-state index contributed by atoms with van der Waals surface area (Å²) >= 11 is 11.8. The van der Waals surface area contributed by atoms with Crippen molar-refractivity contribution in [3.63, 3.8) is 0 Å². The Hall–Kier alpha value is -0.970. The van der Waals surface area contributed by atoms with Gasteiger partial charge >= 0.3 is 0 Å². The summed E-state index contributed by atoms with van der Waals surface area (Å²) in [6.45, 7) is 0.0917. The van der Waals surface area contributed by atoms with Crippen LogP contribution in [0.4, 0.5) is 5.69 Å². The Morgan fingerprint density at radius 3 is 2.70 bits per heavy atom. The number of amides is 1. The van der Waals surface area contributed by atoms with Gasteiger partial charge in [-0.05, 0) is 25.0 Å². The van der Waals surface area contributed by atoms with Gasteiger partial charge in [0.15, 0.2) is 0 Å². The number of rotatable bonds is 3. The fourth-order valence-corrected chi connectivity index (χ4v) is 2.95. The highest BCUT2D eigenvalue weighted by molar-refractivity contribution is 6.43. The number of carbonyl (C=O) groups excluding carboxylic acids is 1. The Morgan fingerprint density at radius 1 is 1.35 bits per heavy atom. The average Bonchev–Trinajstić information content (AvgIpc) is 2.44. The van der Waals surface area contributed by atoms with E-state index in [4.69, 9.17) is 28.9 Å². The Bertz CT molecular complexity index is 485. The smallest absolute Gasteiger partial charge is 0.251 e. The zero-order chi connectivity index (χ0) is 14.7. The number of nitrogen functional groups attached to an aromatic ring is 1. The molecule has 2 atom stereocenters. The quantitative estimate of drug-likeness (QED) is 0.750. The van der Waals surface area contributed by atoms with Gasteiger partial charge in [-0.25, -0.2) is 0 Å². The van der Waals surface area contributed by atoms with Gasteiger partial charge in [-0.3, -0.25) is 4.79 Å². The number of carbonyl (C=O) groups is 1. The normalized spacial score (nSPS) is 22.6. The molecule has 0 aromatic heterocycles. The summed E-state index contributed by atoms with van der Waals surface area (Å²) < 4.78 is 0. The Balaban J connectivity index is 2.11. The van der Waals surface area contributed by atoms with E-state index >= 15 is 0 Å². The van der Waals surface area contributed by atoms with Gasteiger partial charge in [-0.15, -0.1) is 0 Å². The molecule has 0 bridgehead atoms. The number of benzene rings is 1. The molecule has 2 unspecified atom stereocenters. The molecule has 1 fully saturated rings. The first-order valence-electron chi connectivity index (χ1n) is 6.69. The van der Waals surface area contributed by atoms with E-state index in [1.165, 1.54) is 12.1 Å². The highest BCUT2D eigenvalue weighted by Crippen LogP contribution is 2.30. The number of aliphatic hydroxyl groups is 1. The molecule has 0 heterocycles. The lowest BCUT2D eigenvalue weighted by atomic mass is 9.85. The number of anilines is 1. The van der Waals surface area contributed by atoms with Crippen LogP contribution in [-0.2, 0) is 0 Å². The molecule has 4 N–H and O–H groups in total. The van der Waals surface area contributed by atoms with E-state index in [1.54, 1.807) is 0 Å². The Morgan fingerprint density at radius 2 is 2.05 bits per heavy atom. The summed E-state index contributed by atoms with van der Waals surface area (Å²) in [6, 6.07) is 3.02. The molecule has 1 saturated carbocycles. The van der Waals surface area contributed by atoms with E-state index in [0.717, 1.165) is 25.7 Å². The van der Waals surface area contributed by atoms with Gasteiger partial charge in [0.05, 0.1) is 15.7 Å². The largest absolute Gasteiger partial charge is 0.397 e. The molecule has 20 heavy (non-hydrogen) atoms. The van der Waals surface area contributed by atoms with Crippen molar-refractivity contribution in [2.75, 3.05) is 12.3 Å². The molecule has 0 spiro atoms. The molecule has 0 aliphatic heterocycles. The van der Waals surface area contributed by atoms with E-state index in [-0.39, 0.29) is 40.2 Å². The zero-order valence-corrected chi connectivity index (χ0v) is 12.5. The second-order valence-electron chi connectivity index (χ2n) is 5.17. The predicted octanol–water partition coefficient (Wildman–Crippen LogP) is 2.86. The summed E-state index contributed by atoms with van der Waals surface area (Å²) in [5.74, 6) is -0.117. The Labute approximate surface area is 128 Å². The van der Waals surface area contributed by atoms with Crippen molar-refractivity contribution in [2.24, 2.45) is 5.92 Å². The van der Waals surface area contributed by atoms with Crippen LogP contribution in [0, 0.1) is 5.92 Å². The summed E-state index contributed by atoms with van der Waals surface area (Å²) in [5, 5.41) is 12.8. The van der Waals surface area contributed by atoms with Gasteiger partial charge in [0, 0.05) is 24.1 Å². The number of halogens is 2. The van der Waals surface area contributed by atoms with Crippen LogP contribution in [0.3, 0.4) is 0 Å². The Kier molecular flexibility index (Phi) is 5.13. The van der Waals surface area contributed by atoms with Gasteiger partial charge < -0.3 is 16.2 Å². The maximum Gasteiger partial charge on any atom is 0.251 e. The van der Waals surface area contributed by atoms with Crippen LogP contribution in [0.15, 0.2) is 12.1 Å². The summed E-state index contributed by atoms with van der Waals surface area (Å²) in [4.78, 5) is 12.2. The van der Waals surface area contributed by atoms with E-state index in [2.05, 4.69) is 5.32 Å². The van der Waals surface area contributed by atoms with Crippen molar-refractivity contribution in [1.29, 1.82) is 0 Å². The number of hydrogen-bond acceptors (Lipinski definition) is 3. The number of nitrogens with one attached hydrogen (secondary N) is 1. The molecule has 2 rings (SSSR count). The lowest BCUT2D eigenvalue weighted by Gasteiger charge is -2.30. The van der Waals surface area contributed by atoms with Gasteiger partial charge in [0.1, 0.15) is 0 Å². The third-order valence-electron chi connectivity index (χ3n) is 3.78. The van der Waals surface area contributed by atoms with Crippen molar-refractivity contribution in [3.05, 3.63) is 27.7 Å². The predicted molar refractivity (Wildman–Crippen MR) is 81.2 cm³/mol. The van der Waals surface area contributed by atoms with Crippen LogP contribution >= 0.6 is 23.2 Å². The minimum atomic E-state index is -0.236. The van der Waals surface area contributed by atoms with Crippen molar-refractivity contribution < 1.29 is 9.90 Å². The van der Waals surface area contributed by atoms with Crippen LogP contribution in [0.25, 0.3) is 0 Å². The third kappa shape index (κ3) is 3.37. The highest BCUT2D eigenvalue weighted by Gasteiger charge is 2.26. The molecule has 1 aromatic rings. The van der Waals surface area contributed by atoms with Crippen LogP contribution in [0.1, 0.15) is 36.0 Å². The standard InChI is InChI=1S/C14H18Cl2N2O2/c15-10-5-9(6-11(17)13(10)16)14(20)18-12-4-2-1-3-8(12)7-19/h5-6,8,12,19H,1-4,7,17H2,(H,18,20). The van der Waals surface area contributed by atoms with Gasteiger partial charge in [-0.2, -0.15) is 0 Å². The van der Waals surface area contributed by atoms with Crippen molar-refractivity contribution in [2.45, 2.75) is 31.7 Å². The third-order valence-corrected chi connectivity index (χ3v) is 4.60. The number of nitrogens with two attached hydrogens (primary N) is 1. The van der Waals surface area contributed by atoms with E-state index in [0.29, 0.717) is 5.56 Å². The molecular weight excluding hydrogens is 299 g/mol. The monoisotopic (exact) mass is 316 g/mol. The van der Waals surface area contributed by atoms with Crippen LogP contribution in [0.5, 0.6) is 0 Å². The minimum Gasteiger partial charge on any atom is -0.397 e. The topological polar surface area (TPSA) is 75.4 Å². The molecule has 1 amide bonds. The first kappa shape index (κ1) is 15.4. The highest BCUT2D eigenvalue weighted by atomic mass is 35.5. The summed E-state index contributed by atoms with van der Waals surface area (Å²) in [6.07, 6.45) is 3.97. The van der Waals surface area contributed by atoms with Gasteiger partial charge in [-0.1, -0.05) is 36.0 Å². The number of hydrogen-bond donors (Lipinski definition) is 3. The zero-order valence-electron chi connectivity index (χ0n) is 11.0. The van der Waals surface area contributed by atoms with Crippen LogP contribution < -0.4 is 11.1 Å². The average molecular weight is 317 g/mol. The fraction of sp³-hybridized carbons (Fsp3) is 0.500. The molecule has 0 saturated heterocycles. The van der Waals surface area contributed by atoms with Crippen LogP contribution in [0.2, 0.25) is 10.0 Å². The van der Waals surface area contributed by atoms with E-state index < -0.39 is 0 Å². The minimum absolute atomic E-state index is 0.00284. The van der Waals surface area contributed by atoms with Gasteiger partial charge in [0.25, 0.3) is 5.91 Å². The van der Waals surface area contributed by atoms with Crippen molar-refractivity contribution in [3.8, 4) is 0 Å². The summed E-state index contributed by atoms with van der Waals surface area (Å²) in [5.41, 5.74) is 6.38. The van der Waals surface area contributed by atoms with Crippen LogP contribution in [-0.4, -0.2) is 23.7 Å². The molecule has 6 heteroatoms. The molecular formula is C14H18Cl2N2O2. The molecule has 1 aliphatic carbocycles.